The van der Waals surface area contributed by atoms with E-state index in [0.29, 0.717) is 17.5 Å². The van der Waals surface area contributed by atoms with Gasteiger partial charge < -0.3 is 25.1 Å². The first-order valence-corrected chi connectivity index (χ1v) is 12.6. The van der Waals surface area contributed by atoms with E-state index in [1.165, 1.54) is 5.56 Å². The number of nitrogens with zero attached hydrogens (tertiary/aromatic N) is 1. The van der Waals surface area contributed by atoms with Crippen molar-refractivity contribution in [3.05, 3.63) is 88.5 Å². The fourth-order valence-corrected chi connectivity index (χ4v) is 5.10. The summed E-state index contributed by atoms with van der Waals surface area (Å²) in [7, 11) is 0. The van der Waals surface area contributed by atoms with Crippen LogP contribution in [-0.4, -0.2) is 34.8 Å². The van der Waals surface area contributed by atoms with Crippen LogP contribution in [-0.2, 0) is 6.54 Å². The number of carbonyl (C=O) groups excluding carboxylic acids is 1. The molecule has 8 nitrogen and oxygen atoms in total. The number of H-pyrrole nitrogens is 1. The molecule has 1 amide bonds. The third kappa shape index (κ3) is 5.06. The zero-order valence-corrected chi connectivity index (χ0v) is 20.3. The molecular weight excluding hydrogens is 468 g/mol. The highest BCUT2D eigenvalue weighted by atomic mass is 16.7. The first kappa shape index (κ1) is 23.2. The number of ether oxygens (including phenoxy) is 2. The fourth-order valence-electron chi connectivity index (χ4n) is 5.10. The van der Waals surface area contributed by atoms with E-state index in [4.69, 9.17) is 9.47 Å². The van der Waals surface area contributed by atoms with Gasteiger partial charge in [0.1, 0.15) is 5.56 Å². The van der Waals surface area contributed by atoms with Gasteiger partial charge in [0.2, 0.25) is 6.79 Å². The minimum atomic E-state index is -0.400. The largest absolute Gasteiger partial charge is 0.454 e. The first-order chi connectivity index (χ1) is 18.1. The average Bonchev–Trinajstić information content (AvgIpc) is 3.41. The predicted molar refractivity (Wildman–Crippen MR) is 141 cm³/mol. The Morgan fingerprint density at radius 2 is 1.78 bits per heavy atom. The van der Waals surface area contributed by atoms with Crippen LogP contribution in [0.4, 0.5) is 0 Å². The predicted octanol–water partition coefficient (Wildman–Crippen LogP) is 4.15. The van der Waals surface area contributed by atoms with Crippen molar-refractivity contribution in [2.24, 2.45) is 0 Å². The van der Waals surface area contributed by atoms with Gasteiger partial charge in [0.05, 0.1) is 5.52 Å². The molecule has 1 aliphatic heterocycles. The summed E-state index contributed by atoms with van der Waals surface area (Å²) in [5.41, 5.74) is 3.52. The molecule has 0 spiro atoms. The molecule has 0 bridgehead atoms. The minimum absolute atomic E-state index is 0.0471. The van der Waals surface area contributed by atoms with Crippen molar-refractivity contribution in [3.8, 4) is 22.6 Å². The van der Waals surface area contributed by atoms with E-state index in [9.17, 15) is 9.59 Å². The van der Waals surface area contributed by atoms with Crippen molar-refractivity contribution < 1.29 is 14.3 Å². The number of hydrogen-bond donors (Lipinski definition) is 3. The molecule has 0 saturated heterocycles. The van der Waals surface area contributed by atoms with E-state index in [1.54, 1.807) is 12.3 Å². The summed E-state index contributed by atoms with van der Waals surface area (Å²) in [4.78, 5) is 32.5. The molecule has 6 rings (SSSR count). The lowest BCUT2D eigenvalue weighted by Crippen LogP contribution is -2.43. The quantitative estimate of drug-likeness (QED) is 0.370. The number of aromatic nitrogens is 2. The highest BCUT2D eigenvalue weighted by Gasteiger charge is 2.24. The first-order valence-electron chi connectivity index (χ1n) is 12.6. The topological polar surface area (TPSA) is 105 Å². The van der Waals surface area contributed by atoms with Crippen molar-refractivity contribution >= 4 is 16.8 Å². The molecule has 188 valence electrons. The van der Waals surface area contributed by atoms with Crippen molar-refractivity contribution in [3.63, 3.8) is 0 Å². The monoisotopic (exact) mass is 496 g/mol. The Hall–Kier alpha value is -4.17. The van der Waals surface area contributed by atoms with Gasteiger partial charge in [-0.25, -0.2) is 0 Å². The number of fused-ring (bicyclic) bond motifs is 2. The molecule has 1 fully saturated rings. The van der Waals surface area contributed by atoms with Gasteiger partial charge in [0.25, 0.3) is 11.5 Å². The molecule has 4 aromatic rings. The lowest BCUT2D eigenvalue weighted by atomic mass is 9.90. The smallest absolute Gasteiger partial charge is 0.260 e. The molecule has 3 N–H and O–H groups in total. The van der Waals surface area contributed by atoms with E-state index in [0.717, 1.165) is 54.3 Å². The van der Waals surface area contributed by atoms with Crippen LogP contribution >= 0.6 is 0 Å². The number of nitrogens with one attached hydrogen (secondary N) is 3. The van der Waals surface area contributed by atoms with Crippen LogP contribution < -0.4 is 25.7 Å². The maximum atomic E-state index is 13.0. The molecule has 1 saturated carbocycles. The summed E-state index contributed by atoms with van der Waals surface area (Å²) < 4.78 is 10.8. The number of benzene rings is 2. The molecule has 37 heavy (non-hydrogen) atoms. The second kappa shape index (κ2) is 10.1. The van der Waals surface area contributed by atoms with Gasteiger partial charge in [0.15, 0.2) is 11.5 Å². The highest BCUT2D eigenvalue weighted by molar-refractivity contribution is 5.95. The Labute approximate surface area is 214 Å². The number of rotatable bonds is 6. The molecule has 2 aliphatic rings. The average molecular weight is 497 g/mol. The molecule has 2 aromatic heterocycles. The minimum Gasteiger partial charge on any atom is -0.454 e. The second-order valence-corrected chi connectivity index (χ2v) is 9.63. The summed E-state index contributed by atoms with van der Waals surface area (Å²) in [5.74, 6) is 0.994. The Bertz CT molecular complexity index is 1510. The Balaban J connectivity index is 1.04. The van der Waals surface area contributed by atoms with E-state index >= 15 is 0 Å². The summed E-state index contributed by atoms with van der Waals surface area (Å²) in [6.45, 7) is 0.992. The van der Waals surface area contributed by atoms with E-state index in [2.05, 4.69) is 44.9 Å². The van der Waals surface area contributed by atoms with Crippen LogP contribution in [0.1, 0.15) is 41.6 Å². The zero-order valence-electron chi connectivity index (χ0n) is 20.3. The molecule has 3 heterocycles. The number of aromatic amines is 1. The van der Waals surface area contributed by atoms with Crippen LogP contribution in [0, 0.1) is 0 Å². The fraction of sp³-hybridized carbons (Fsp3) is 0.276. The van der Waals surface area contributed by atoms with Gasteiger partial charge in [-0.3, -0.25) is 14.6 Å². The Morgan fingerprint density at radius 1 is 0.946 bits per heavy atom. The normalized spacial score (nSPS) is 18.6. The highest BCUT2D eigenvalue weighted by Crippen LogP contribution is 2.35. The maximum Gasteiger partial charge on any atom is 0.260 e. The Kier molecular flexibility index (Phi) is 6.32. The second-order valence-electron chi connectivity index (χ2n) is 9.63. The molecule has 2 aromatic carbocycles. The van der Waals surface area contributed by atoms with Gasteiger partial charge in [-0.2, -0.15) is 0 Å². The molecule has 0 atom stereocenters. The van der Waals surface area contributed by atoms with Gasteiger partial charge in [-0.1, -0.05) is 18.2 Å². The number of carbonyl (C=O) groups is 1. The standard InChI is InChI=1S/C29H28N4O4/c34-28-24(13-21(16-32-28)19-4-10-26-27(14-19)37-17-36-26)29(35)33-23-7-5-22(6-8-23)31-15-18-3-9-25-20(12-18)2-1-11-30-25/h1-4,9-14,16,22-23,31H,5-8,15,17H2,(H,32,34)(H,33,35). The molecule has 1 aliphatic carbocycles. The maximum absolute atomic E-state index is 13.0. The molecule has 0 radical (unpaired) electrons. The molecule has 8 heteroatoms. The zero-order chi connectivity index (χ0) is 25.2. The number of pyridine rings is 2. The van der Waals surface area contributed by atoms with Gasteiger partial charge in [0, 0.05) is 36.4 Å². The van der Waals surface area contributed by atoms with Gasteiger partial charge >= 0.3 is 0 Å². The third-order valence-electron chi connectivity index (χ3n) is 7.18. The van der Waals surface area contributed by atoms with Crippen molar-refractivity contribution in [2.75, 3.05) is 6.79 Å². The third-order valence-corrected chi connectivity index (χ3v) is 7.18. The van der Waals surface area contributed by atoms with E-state index < -0.39 is 5.56 Å². The summed E-state index contributed by atoms with van der Waals surface area (Å²) >= 11 is 0. The van der Waals surface area contributed by atoms with E-state index in [1.807, 2.05) is 30.5 Å². The van der Waals surface area contributed by atoms with E-state index in [-0.39, 0.29) is 24.3 Å². The summed E-state index contributed by atoms with van der Waals surface area (Å²) in [5, 5.41) is 7.87. The lowest BCUT2D eigenvalue weighted by molar-refractivity contribution is 0.0922. The van der Waals surface area contributed by atoms with Gasteiger partial charge in [-0.15, -0.1) is 0 Å². The SMILES string of the molecule is O=C(NC1CCC(NCc2ccc3ncccc3c2)CC1)c1cc(-c2ccc3c(c2)OCO3)c[nH]c1=O. The van der Waals surface area contributed by atoms with Crippen molar-refractivity contribution in [1.82, 2.24) is 20.6 Å². The van der Waals surface area contributed by atoms with Crippen molar-refractivity contribution in [1.29, 1.82) is 0 Å². The number of amides is 1. The van der Waals surface area contributed by atoms with Crippen LogP contribution in [0.25, 0.3) is 22.0 Å². The van der Waals surface area contributed by atoms with Crippen LogP contribution in [0.15, 0.2) is 71.8 Å². The molecular formula is C29H28N4O4. The Morgan fingerprint density at radius 3 is 2.68 bits per heavy atom. The number of hydrogen-bond acceptors (Lipinski definition) is 6. The van der Waals surface area contributed by atoms with Gasteiger partial charge in [-0.05, 0) is 78.8 Å². The lowest BCUT2D eigenvalue weighted by Gasteiger charge is -2.29. The van der Waals surface area contributed by atoms with Crippen LogP contribution in [0.2, 0.25) is 0 Å². The summed E-state index contributed by atoms with van der Waals surface area (Å²) in [6, 6.07) is 18.0. The van der Waals surface area contributed by atoms with Crippen molar-refractivity contribution in [2.45, 2.75) is 44.3 Å². The molecule has 0 unspecified atom stereocenters. The van der Waals surface area contributed by atoms with Crippen LogP contribution in [0.5, 0.6) is 11.5 Å². The summed E-state index contributed by atoms with van der Waals surface area (Å²) in [6.07, 6.45) is 7.08. The van der Waals surface area contributed by atoms with Crippen LogP contribution in [0.3, 0.4) is 0 Å².